The highest BCUT2D eigenvalue weighted by molar-refractivity contribution is 9.10. The second-order valence-corrected chi connectivity index (χ2v) is 7.60. The molecule has 136 valence electrons. The molecule has 1 amide bonds. The average molecular weight is 415 g/mol. The minimum Gasteiger partial charge on any atom is -0.324 e. The summed E-state index contributed by atoms with van der Waals surface area (Å²) in [5.41, 5.74) is 0.987. The van der Waals surface area contributed by atoms with E-state index >= 15 is 0 Å². The maximum atomic E-state index is 13.0. The second kappa shape index (κ2) is 8.14. The van der Waals surface area contributed by atoms with Gasteiger partial charge in [-0.3, -0.25) is 14.5 Å². The first-order valence-corrected chi connectivity index (χ1v) is 9.68. The first kappa shape index (κ1) is 18.8. The highest BCUT2D eigenvalue weighted by atomic mass is 79.9. The van der Waals surface area contributed by atoms with Crippen LogP contribution in [-0.4, -0.2) is 30.2 Å². The van der Waals surface area contributed by atoms with E-state index in [9.17, 15) is 9.59 Å². The Morgan fingerprint density at radius 1 is 1.12 bits per heavy atom. The molecule has 0 bridgehead atoms. The Morgan fingerprint density at radius 3 is 2.50 bits per heavy atom. The molecule has 1 aliphatic carbocycles. The van der Waals surface area contributed by atoms with Crippen molar-refractivity contribution in [3.8, 4) is 0 Å². The van der Waals surface area contributed by atoms with E-state index in [4.69, 9.17) is 0 Å². The lowest BCUT2D eigenvalue weighted by Crippen LogP contribution is -2.53. The van der Waals surface area contributed by atoms with Crippen LogP contribution in [-0.2, 0) is 15.1 Å². The largest absolute Gasteiger partial charge is 0.324 e. The van der Waals surface area contributed by atoms with E-state index in [2.05, 4.69) is 21.2 Å². The van der Waals surface area contributed by atoms with Crippen molar-refractivity contribution in [2.75, 3.05) is 18.9 Å². The molecule has 2 aromatic rings. The van der Waals surface area contributed by atoms with Crippen LogP contribution in [0.2, 0.25) is 0 Å². The number of hydrogen-bond donors (Lipinski definition) is 1. The fraction of sp³-hybridized carbons (Fsp3) is 0.333. The van der Waals surface area contributed by atoms with Crippen molar-refractivity contribution in [3.63, 3.8) is 0 Å². The molecule has 5 heteroatoms. The van der Waals surface area contributed by atoms with Crippen LogP contribution in [0.25, 0.3) is 0 Å². The van der Waals surface area contributed by atoms with Crippen molar-refractivity contribution >= 4 is 33.3 Å². The fourth-order valence-corrected chi connectivity index (χ4v) is 4.14. The van der Waals surface area contributed by atoms with Gasteiger partial charge in [0.15, 0.2) is 5.78 Å². The number of ketones is 1. The smallest absolute Gasteiger partial charge is 0.238 e. The third-order valence-electron chi connectivity index (χ3n) is 5.09. The van der Waals surface area contributed by atoms with Gasteiger partial charge >= 0.3 is 0 Å². The lowest BCUT2D eigenvalue weighted by molar-refractivity contribution is -0.135. The van der Waals surface area contributed by atoms with Gasteiger partial charge in [-0.1, -0.05) is 48.9 Å². The fourth-order valence-electron chi connectivity index (χ4n) is 3.76. The molecule has 1 aliphatic rings. The zero-order valence-electron chi connectivity index (χ0n) is 14.9. The summed E-state index contributed by atoms with van der Waals surface area (Å²) >= 11 is 3.44. The molecule has 0 spiro atoms. The number of benzene rings is 2. The quantitative estimate of drug-likeness (QED) is 0.790. The van der Waals surface area contributed by atoms with Gasteiger partial charge < -0.3 is 5.32 Å². The molecule has 0 unspecified atom stereocenters. The third-order valence-corrected chi connectivity index (χ3v) is 5.78. The van der Waals surface area contributed by atoms with Crippen molar-refractivity contribution in [1.29, 1.82) is 0 Å². The highest BCUT2D eigenvalue weighted by Crippen LogP contribution is 2.39. The summed E-state index contributed by atoms with van der Waals surface area (Å²) in [6, 6.07) is 17.3. The zero-order chi connectivity index (χ0) is 18.6. The minimum atomic E-state index is -0.717. The number of hydrogen-bond acceptors (Lipinski definition) is 3. The summed E-state index contributed by atoms with van der Waals surface area (Å²) < 4.78 is 0.836. The number of nitrogens with one attached hydrogen (secondary N) is 1. The van der Waals surface area contributed by atoms with Crippen LogP contribution in [0, 0.1) is 0 Å². The number of nitrogens with zero attached hydrogens (tertiary/aromatic N) is 1. The number of amides is 1. The Morgan fingerprint density at radius 2 is 1.81 bits per heavy atom. The number of likely N-dealkylation sites (N-methyl/N-ethyl adjacent to an activating group) is 1. The summed E-state index contributed by atoms with van der Waals surface area (Å²) in [6.45, 7) is 0.155. The first-order chi connectivity index (χ1) is 12.5. The SMILES string of the molecule is CN(CC(=O)Nc1ccccc1Br)[C@@]1(c2ccccc2)CCCCC1=O. The monoisotopic (exact) mass is 414 g/mol. The van der Waals surface area contributed by atoms with E-state index in [0.717, 1.165) is 35.0 Å². The number of rotatable bonds is 5. The number of anilines is 1. The highest BCUT2D eigenvalue weighted by Gasteiger charge is 2.45. The van der Waals surface area contributed by atoms with Crippen molar-refractivity contribution in [2.45, 2.75) is 31.2 Å². The molecule has 0 heterocycles. The van der Waals surface area contributed by atoms with Crippen LogP contribution in [0.5, 0.6) is 0 Å². The molecule has 0 radical (unpaired) electrons. The van der Waals surface area contributed by atoms with Crippen molar-refractivity contribution in [3.05, 3.63) is 64.6 Å². The lowest BCUT2D eigenvalue weighted by Gasteiger charge is -2.43. The van der Waals surface area contributed by atoms with E-state index in [0.29, 0.717) is 6.42 Å². The maximum Gasteiger partial charge on any atom is 0.238 e. The molecule has 3 rings (SSSR count). The Bertz CT molecular complexity index is 794. The minimum absolute atomic E-state index is 0.131. The van der Waals surface area contributed by atoms with Gasteiger partial charge in [0, 0.05) is 10.9 Å². The van der Waals surface area contributed by atoms with Gasteiger partial charge in [0.1, 0.15) is 5.54 Å². The van der Waals surface area contributed by atoms with Crippen LogP contribution >= 0.6 is 15.9 Å². The van der Waals surface area contributed by atoms with E-state index in [1.54, 1.807) is 0 Å². The Labute approximate surface area is 162 Å². The number of para-hydroxylation sites is 1. The molecule has 0 aliphatic heterocycles. The molecular weight excluding hydrogens is 392 g/mol. The number of carbonyl (C=O) groups excluding carboxylic acids is 2. The van der Waals surface area contributed by atoms with E-state index in [-0.39, 0.29) is 18.2 Å². The van der Waals surface area contributed by atoms with Gasteiger partial charge in [-0.2, -0.15) is 0 Å². The van der Waals surface area contributed by atoms with Crippen molar-refractivity contribution in [1.82, 2.24) is 4.90 Å². The standard InChI is InChI=1S/C21H23BrN2O2/c1-24(15-20(26)23-18-12-6-5-11-17(18)22)21(14-8-7-13-19(21)25)16-9-3-2-4-10-16/h2-6,9-12H,7-8,13-15H2,1H3,(H,23,26)/t21-/m1/s1. The van der Waals surface area contributed by atoms with Crippen molar-refractivity contribution in [2.24, 2.45) is 0 Å². The molecule has 1 atom stereocenters. The molecule has 4 nitrogen and oxygen atoms in total. The van der Waals surface area contributed by atoms with E-state index in [1.807, 2.05) is 66.5 Å². The Kier molecular flexibility index (Phi) is 5.89. The normalized spacial score (nSPS) is 20.2. The lowest BCUT2D eigenvalue weighted by atomic mass is 9.74. The molecule has 2 aromatic carbocycles. The second-order valence-electron chi connectivity index (χ2n) is 6.74. The van der Waals surface area contributed by atoms with Gasteiger partial charge in [-0.15, -0.1) is 0 Å². The molecule has 0 aromatic heterocycles. The molecular formula is C21H23BrN2O2. The summed E-state index contributed by atoms with van der Waals surface area (Å²) in [4.78, 5) is 27.5. The topological polar surface area (TPSA) is 49.4 Å². The van der Waals surface area contributed by atoms with Gasteiger partial charge in [-0.05, 0) is 53.5 Å². The maximum absolute atomic E-state index is 13.0. The molecule has 1 fully saturated rings. The van der Waals surface area contributed by atoms with E-state index < -0.39 is 5.54 Å². The number of Topliss-reactive ketones (excluding diaryl/α,β-unsaturated/α-hetero) is 1. The molecule has 0 saturated heterocycles. The summed E-state index contributed by atoms with van der Waals surface area (Å²) in [6.07, 6.45) is 3.21. The van der Waals surface area contributed by atoms with Gasteiger partial charge in [0.05, 0.1) is 12.2 Å². The first-order valence-electron chi connectivity index (χ1n) is 8.88. The van der Waals surface area contributed by atoms with Gasteiger partial charge in [0.25, 0.3) is 0 Å². The molecule has 1 saturated carbocycles. The summed E-state index contributed by atoms with van der Waals surface area (Å²) in [5, 5.41) is 2.92. The third kappa shape index (κ3) is 3.74. The van der Waals surface area contributed by atoms with Crippen LogP contribution in [0.4, 0.5) is 5.69 Å². The molecule has 26 heavy (non-hydrogen) atoms. The van der Waals surface area contributed by atoms with Crippen LogP contribution in [0.1, 0.15) is 31.2 Å². The van der Waals surface area contributed by atoms with Crippen molar-refractivity contribution < 1.29 is 9.59 Å². The zero-order valence-corrected chi connectivity index (χ0v) is 16.5. The van der Waals surface area contributed by atoms with E-state index in [1.165, 1.54) is 0 Å². The van der Waals surface area contributed by atoms with Crippen LogP contribution in [0.3, 0.4) is 0 Å². The predicted octanol–water partition coefficient (Wildman–Crippen LogP) is 4.36. The Balaban J connectivity index is 1.82. The average Bonchev–Trinajstić information content (AvgIpc) is 2.65. The van der Waals surface area contributed by atoms with Gasteiger partial charge in [-0.25, -0.2) is 0 Å². The molecule has 1 N–H and O–H groups in total. The van der Waals surface area contributed by atoms with Crippen LogP contribution in [0.15, 0.2) is 59.1 Å². The van der Waals surface area contributed by atoms with Gasteiger partial charge in [0.2, 0.25) is 5.91 Å². The summed E-state index contributed by atoms with van der Waals surface area (Å²) in [7, 11) is 1.87. The number of halogens is 1. The summed E-state index contributed by atoms with van der Waals surface area (Å²) in [5.74, 6) is 0.0687. The number of carbonyl (C=O) groups is 2. The Hall–Kier alpha value is -1.98. The predicted molar refractivity (Wildman–Crippen MR) is 107 cm³/mol. The van der Waals surface area contributed by atoms with Crippen LogP contribution < -0.4 is 5.32 Å².